The molecule has 0 bridgehead atoms. The molecule has 105 valence electrons. The van der Waals surface area contributed by atoms with E-state index in [1.807, 2.05) is 20.8 Å². The van der Waals surface area contributed by atoms with Gasteiger partial charge in [0.2, 0.25) is 0 Å². The normalized spacial score (nSPS) is 10.1. The van der Waals surface area contributed by atoms with Gasteiger partial charge in [-0.3, -0.25) is 4.79 Å². The topological polar surface area (TPSA) is 44.8 Å². The molecule has 1 radical (unpaired) electrons. The molecule has 0 aliphatic carbocycles. The molecule has 0 aliphatic rings. The Hall–Kier alpha value is -1.71. The predicted molar refractivity (Wildman–Crippen MR) is 73.6 cm³/mol. The van der Waals surface area contributed by atoms with Crippen LogP contribution in [-0.4, -0.2) is 19.2 Å². The summed E-state index contributed by atoms with van der Waals surface area (Å²) in [5.74, 6) is 1.35. The lowest BCUT2D eigenvalue weighted by atomic mass is 10.2. The molecule has 0 N–H and O–H groups in total. The van der Waals surface area contributed by atoms with Gasteiger partial charge in [0.15, 0.2) is 0 Å². The summed E-state index contributed by atoms with van der Waals surface area (Å²) in [4.78, 5) is 11.6. The van der Waals surface area contributed by atoms with Crippen LogP contribution in [0.25, 0.3) is 0 Å². The molecule has 0 saturated carbocycles. The maximum Gasteiger partial charge on any atom is 0.315 e. The molecule has 0 spiro atoms. The van der Waals surface area contributed by atoms with Crippen molar-refractivity contribution < 1.29 is 19.0 Å². The van der Waals surface area contributed by atoms with Gasteiger partial charge in [0.25, 0.3) is 0 Å². The lowest BCUT2D eigenvalue weighted by Gasteiger charge is -2.10. The summed E-state index contributed by atoms with van der Waals surface area (Å²) in [5, 5.41) is 0. The standard InChI is InChI=1S/C15H21O4/c1-4-7-8-15(16)19-14-10-12(17-5-2)9-13(11-14)18-6-3/h8-11H,4-7H2,1-3H3. The largest absolute Gasteiger partial charge is 0.494 e. The molecule has 0 aliphatic heterocycles. The lowest BCUT2D eigenvalue weighted by molar-refractivity contribution is -0.130. The van der Waals surface area contributed by atoms with E-state index in [2.05, 4.69) is 0 Å². The number of benzene rings is 1. The third-order valence-electron chi connectivity index (χ3n) is 2.29. The minimum Gasteiger partial charge on any atom is -0.494 e. The average molecular weight is 265 g/mol. The van der Waals surface area contributed by atoms with Crippen molar-refractivity contribution in [2.24, 2.45) is 0 Å². The van der Waals surface area contributed by atoms with Crippen LogP contribution in [0, 0.1) is 6.42 Å². The van der Waals surface area contributed by atoms with Crippen LogP contribution in [0.1, 0.15) is 33.6 Å². The molecule has 1 aromatic carbocycles. The minimum absolute atomic E-state index is 0.349. The number of rotatable bonds is 8. The monoisotopic (exact) mass is 265 g/mol. The van der Waals surface area contributed by atoms with Crippen LogP contribution in [0.5, 0.6) is 17.2 Å². The Morgan fingerprint density at radius 1 is 1.00 bits per heavy atom. The third-order valence-corrected chi connectivity index (χ3v) is 2.29. The van der Waals surface area contributed by atoms with Crippen LogP contribution in [0.15, 0.2) is 18.2 Å². The minimum atomic E-state index is -0.349. The molecule has 0 heterocycles. The first-order valence-corrected chi connectivity index (χ1v) is 6.65. The van der Waals surface area contributed by atoms with E-state index in [1.165, 1.54) is 6.42 Å². The fourth-order valence-corrected chi connectivity index (χ4v) is 1.52. The van der Waals surface area contributed by atoms with E-state index in [-0.39, 0.29) is 5.97 Å². The van der Waals surface area contributed by atoms with Gasteiger partial charge < -0.3 is 14.2 Å². The quantitative estimate of drug-likeness (QED) is 0.534. The highest BCUT2D eigenvalue weighted by molar-refractivity contribution is 5.81. The molecule has 1 rings (SSSR count). The number of carbonyl (C=O) groups is 1. The van der Waals surface area contributed by atoms with Crippen molar-refractivity contribution in [1.29, 1.82) is 0 Å². The molecule has 0 aromatic heterocycles. The lowest BCUT2D eigenvalue weighted by Crippen LogP contribution is -2.08. The molecule has 19 heavy (non-hydrogen) atoms. The predicted octanol–water partition coefficient (Wildman–Crippen LogP) is 3.39. The highest BCUT2D eigenvalue weighted by Gasteiger charge is 2.08. The van der Waals surface area contributed by atoms with E-state index >= 15 is 0 Å². The van der Waals surface area contributed by atoms with Crippen LogP contribution < -0.4 is 14.2 Å². The van der Waals surface area contributed by atoms with Gasteiger partial charge in [-0.15, -0.1) is 0 Å². The van der Waals surface area contributed by atoms with Crippen molar-refractivity contribution in [3.05, 3.63) is 24.6 Å². The van der Waals surface area contributed by atoms with E-state index < -0.39 is 0 Å². The van der Waals surface area contributed by atoms with E-state index in [0.29, 0.717) is 36.9 Å². The van der Waals surface area contributed by atoms with Crippen LogP contribution >= 0.6 is 0 Å². The van der Waals surface area contributed by atoms with Gasteiger partial charge in [-0.2, -0.15) is 0 Å². The zero-order valence-electron chi connectivity index (χ0n) is 11.8. The van der Waals surface area contributed by atoms with Crippen LogP contribution in [0.2, 0.25) is 0 Å². The molecule has 0 unspecified atom stereocenters. The van der Waals surface area contributed by atoms with E-state index in [4.69, 9.17) is 14.2 Å². The van der Waals surface area contributed by atoms with Gasteiger partial charge in [0.1, 0.15) is 17.2 Å². The molecular formula is C15H21O4. The summed E-state index contributed by atoms with van der Waals surface area (Å²) in [6, 6.07) is 5.15. The Balaban J connectivity index is 2.77. The number of unbranched alkanes of at least 4 members (excludes halogenated alkanes) is 1. The van der Waals surface area contributed by atoms with Crippen molar-refractivity contribution in [1.82, 2.24) is 0 Å². The SMILES string of the molecule is CCC[CH]C(=O)Oc1cc(OCC)cc(OCC)c1. The van der Waals surface area contributed by atoms with Crippen molar-refractivity contribution in [3.8, 4) is 17.2 Å². The van der Waals surface area contributed by atoms with E-state index in [0.717, 1.165) is 6.42 Å². The zero-order valence-corrected chi connectivity index (χ0v) is 11.8. The first kappa shape index (κ1) is 15.3. The Morgan fingerprint density at radius 2 is 1.53 bits per heavy atom. The second kappa shape index (κ2) is 8.40. The second-order valence-electron chi connectivity index (χ2n) is 3.92. The summed E-state index contributed by atoms with van der Waals surface area (Å²) in [6.45, 7) is 6.89. The molecule has 1 aromatic rings. The fraction of sp³-hybridized carbons (Fsp3) is 0.467. The van der Waals surface area contributed by atoms with Gasteiger partial charge in [-0.1, -0.05) is 13.3 Å². The Morgan fingerprint density at radius 3 is 2.00 bits per heavy atom. The van der Waals surface area contributed by atoms with Gasteiger partial charge >= 0.3 is 5.97 Å². The summed E-state index contributed by atoms with van der Waals surface area (Å²) in [6.07, 6.45) is 3.16. The molecule has 4 nitrogen and oxygen atoms in total. The van der Waals surface area contributed by atoms with Gasteiger partial charge in [-0.05, 0) is 20.3 Å². The van der Waals surface area contributed by atoms with Gasteiger partial charge in [0.05, 0.1) is 19.6 Å². The first-order chi connectivity index (χ1) is 9.19. The van der Waals surface area contributed by atoms with Crippen molar-refractivity contribution >= 4 is 5.97 Å². The highest BCUT2D eigenvalue weighted by Crippen LogP contribution is 2.28. The Bertz CT molecular complexity index is 377. The highest BCUT2D eigenvalue weighted by atomic mass is 16.5. The van der Waals surface area contributed by atoms with Crippen molar-refractivity contribution in [2.75, 3.05) is 13.2 Å². The molecule has 0 amide bonds. The average Bonchev–Trinajstić information content (AvgIpc) is 2.37. The van der Waals surface area contributed by atoms with Crippen LogP contribution in [-0.2, 0) is 4.79 Å². The first-order valence-electron chi connectivity index (χ1n) is 6.65. The number of hydrogen-bond donors (Lipinski definition) is 0. The van der Waals surface area contributed by atoms with E-state index in [1.54, 1.807) is 18.2 Å². The molecule has 0 atom stereocenters. The number of hydrogen-bond acceptors (Lipinski definition) is 4. The zero-order chi connectivity index (χ0) is 14.1. The smallest absolute Gasteiger partial charge is 0.315 e. The fourth-order valence-electron chi connectivity index (χ4n) is 1.52. The molecule has 0 fully saturated rings. The Kier molecular flexibility index (Phi) is 6.79. The summed E-state index contributed by atoms with van der Waals surface area (Å²) < 4.78 is 16.1. The summed E-state index contributed by atoms with van der Waals surface area (Å²) in [5.41, 5.74) is 0. The second-order valence-corrected chi connectivity index (χ2v) is 3.92. The molecule has 0 saturated heterocycles. The van der Waals surface area contributed by atoms with Crippen LogP contribution in [0.4, 0.5) is 0 Å². The van der Waals surface area contributed by atoms with E-state index in [9.17, 15) is 4.79 Å². The summed E-state index contributed by atoms with van der Waals surface area (Å²) >= 11 is 0. The third kappa shape index (κ3) is 5.64. The van der Waals surface area contributed by atoms with Crippen LogP contribution in [0.3, 0.4) is 0 Å². The van der Waals surface area contributed by atoms with Gasteiger partial charge in [0, 0.05) is 18.2 Å². The number of ether oxygens (including phenoxy) is 3. The maximum atomic E-state index is 11.6. The number of carbonyl (C=O) groups excluding carboxylic acids is 1. The number of esters is 1. The van der Waals surface area contributed by atoms with Gasteiger partial charge in [-0.25, -0.2) is 0 Å². The Labute approximate surface area is 114 Å². The van der Waals surface area contributed by atoms with Crippen molar-refractivity contribution in [2.45, 2.75) is 33.6 Å². The van der Waals surface area contributed by atoms with Crippen molar-refractivity contribution in [3.63, 3.8) is 0 Å². The molecule has 4 heteroatoms. The molecular weight excluding hydrogens is 244 g/mol. The maximum absolute atomic E-state index is 11.6. The summed E-state index contributed by atoms with van der Waals surface area (Å²) in [7, 11) is 0.